The zero-order valence-corrected chi connectivity index (χ0v) is 9.64. The fraction of sp³-hybridized carbons (Fsp3) is 0.250. The number of benzene rings is 1. The Morgan fingerprint density at radius 3 is 2.39 bits per heavy atom. The van der Waals surface area contributed by atoms with Crippen LogP contribution < -0.4 is 5.32 Å². The third-order valence-electron chi connectivity index (χ3n) is 2.32. The van der Waals surface area contributed by atoms with Gasteiger partial charge in [0.15, 0.2) is 17.5 Å². The number of nitrogens with one attached hydrogen (secondary N) is 1. The van der Waals surface area contributed by atoms with Gasteiger partial charge in [0.05, 0.1) is 12.7 Å². The van der Waals surface area contributed by atoms with Crippen molar-refractivity contribution in [2.75, 3.05) is 0 Å². The molecule has 96 valence electrons. The number of nitrogens with zero attached hydrogens (tertiary/aromatic N) is 1. The Kier molecular flexibility index (Phi) is 3.66. The van der Waals surface area contributed by atoms with Crippen LogP contribution in [0.2, 0.25) is 0 Å². The molecule has 0 fully saturated rings. The maximum atomic E-state index is 12.9. The highest BCUT2D eigenvalue weighted by Gasteiger charge is 2.10. The lowest BCUT2D eigenvalue weighted by Gasteiger charge is -2.04. The molecule has 3 nitrogen and oxygen atoms in total. The molecule has 1 N–H and O–H groups in total. The van der Waals surface area contributed by atoms with E-state index in [1.807, 2.05) is 0 Å². The van der Waals surface area contributed by atoms with Crippen LogP contribution in [0, 0.1) is 24.4 Å². The van der Waals surface area contributed by atoms with Crippen LogP contribution in [0.5, 0.6) is 0 Å². The van der Waals surface area contributed by atoms with Gasteiger partial charge in [-0.25, -0.2) is 18.2 Å². The van der Waals surface area contributed by atoms with E-state index in [0.29, 0.717) is 23.8 Å². The van der Waals surface area contributed by atoms with Crippen molar-refractivity contribution in [2.24, 2.45) is 0 Å². The van der Waals surface area contributed by atoms with E-state index in [2.05, 4.69) is 10.3 Å². The molecule has 2 rings (SSSR count). The zero-order valence-electron chi connectivity index (χ0n) is 9.64. The van der Waals surface area contributed by atoms with E-state index in [0.717, 1.165) is 12.1 Å². The fourth-order valence-electron chi connectivity index (χ4n) is 1.51. The number of aromatic nitrogens is 1. The first-order chi connectivity index (χ1) is 8.56. The van der Waals surface area contributed by atoms with Crippen LogP contribution in [0.4, 0.5) is 13.2 Å². The van der Waals surface area contributed by atoms with Crippen LogP contribution in [0.3, 0.4) is 0 Å². The highest BCUT2D eigenvalue weighted by atomic mass is 19.2. The number of hydrogen-bond acceptors (Lipinski definition) is 3. The van der Waals surface area contributed by atoms with E-state index >= 15 is 0 Å². The maximum absolute atomic E-state index is 12.9. The fourth-order valence-corrected chi connectivity index (χ4v) is 1.51. The van der Waals surface area contributed by atoms with Gasteiger partial charge in [0.1, 0.15) is 5.76 Å². The van der Waals surface area contributed by atoms with Crippen LogP contribution in [0.25, 0.3) is 0 Å². The molecule has 0 aliphatic heterocycles. The van der Waals surface area contributed by atoms with Crippen LogP contribution in [-0.4, -0.2) is 4.98 Å². The Bertz CT molecular complexity index is 531. The van der Waals surface area contributed by atoms with Gasteiger partial charge in [-0.3, -0.25) is 0 Å². The summed E-state index contributed by atoms with van der Waals surface area (Å²) in [5, 5.41) is 2.89. The minimum absolute atomic E-state index is 0.190. The third kappa shape index (κ3) is 2.89. The monoisotopic (exact) mass is 256 g/mol. The predicted molar refractivity (Wildman–Crippen MR) is 58.1 cm³/mol. The highest BCUT2D eigenvalue weighted by molar-refractivity contribution is 5.19. The van der Waals surface area contributed by atoms with Gasteiger partial charge in [0.25, 0.3) is 0 Å². The molecular formula is C12H11F3N2O. The maximum Gasteiger partial charge on any atom is 0.208 e. The van der Waals surface area contributed by atoms with E-state index < -0.39 is 17.5 Å². The second-order valence-electron chi connectivity index (χ2n) is 3.84. The van der Waals surface area contributed by atoms with E-state index in [9.17, 15) is 13.2 Å². The summed E-state index contributed by atoms with van der Waals surface area (Å²) in [5.41, 5.74) is 0.315. The lowest BCUT2D eigenvalue weighted by molar-refractivity contribution is 0.439. The van der Waals surface area contributed by atoms with Gasteiger partial charge in [-0.15, -0.1) is 0 Å². The largest absolute Gasteiger partial charge is 0.445 e. The standard InChI is InChI=1S/C12H11F3N2O/c1-7-4-17-11(18-7)6-16-5-8-2-9(13)12(15)10(14)3-8/h2-4,16H,5-6H2,1H3. The molecule has 18 heavy (non-hydrogen) atoms. The number of aryl methyl sites for hydroxylation is 1. The molecular weight excluding hydrogens is 245 g/mol. The SMILES string of the molecule is Cc1cnc(CNCc2cc(F)c(F)c(F)c2)o1. The average molecular weight is 256 g/mol. The number of oxazole rings is 1. The summed E-state index contributed by atoms with van der Waals surface area (Å²) in [6, 6.07) is 1.90. The van der Waals surface area contributed by atoms with Crippen molar-refractivity contribution < 1.29 is 17.6 Å². The topological polar surface area (TPSA) is 38.1 Å². The van der Waals surface area contributed by atoms with Gasteiger partial charge in [0, 0.05) is 6.54 Å². The first kappa shape index (κ1) is 12.6. The lowest BCUT2D eigenvalue weighted by Crippen LogP contribution is -2.13. The molecule has 1 aromatic carbocycles. The summed E-state index contributed by atoms with van der Waals surface area (Å²) in [4.78, 5) is 3.96. The molecule has 0 unspecified atom stereocenters. The number of halogens is 3. The van der Waals surface area contributed by atoms with Gasteiger partial charge >= 0.3 is 0 Å². The van der Waals surface area contributed by atoms with Crippen LogP contribution in [-0.2, 0) is 13.1 Å². The van der Waals surface area contributed by atoms with Crippen molar-refractivity contribution in [3.8, 4) is 0 Å². The Balaban J connectivity index is 1.94. The Labute approximate surface area is 102 Å². The second-order valence-corrected chi connectivity index (χ2v) is 3.84. The summed E-state index contributed by atoms with van der Waals surface area (Å²) in [5.74, 6) is -2.68. The van der Waals surface area contributed by atoms with E-state index in [4.69, 9.17) is 4.42 Å². The summed E-state index contributed by atoms with van der Waals surface area (Å²) >= 11 is 0. The minimum Gasteiger partial charge on any atom is -0.445 e. The molecule has 0 aliphatic carbocycles. The van der Waals surface area contributed by atoms with Crippen molar-refractivity contribution in [2.45, 2.75) is 20.0 Å². The van der Waals surface area contributed by atoms with Crippen molar-refractivity contribution in [1.82, 2.24) is 10.3 Å². The molecule has 0 saturated carbocycles. The summed E-state index contributed by atoms with van der Waals surface area (Å²) in [6.07, 6.45) is 1.58. The molecule has 6 heteroatoms. The van der Waals surface area contributed by atoms with E-state index in [-0.39, 0.29) is 6.54 Å². The molecule has 0 atom stereocenters. The summed E-state index contributed by atoms with van der Waals surface area (Å²) in [6.45, 7) is 2.28. The first-order valence-corrected chi connectivity index (χ1v) is 5.31. The quantitative estimate of drug-likeness (QED) is 0.855. The van der Waals surface area contributed by atoms with Crippen molar-refractivity contribution in [3.63, 3.8) is 0 Å². The predicted octanol–water partition coefficient (Wildman–Crippen LogP) is 2.69. The normalized spacial score (nSPS) is 10.9. The average Bonchev–Trinajstić information content (AvgIpc) is 2.72. The second kappa shape index (κ2) is 5.22. The van der Waals surface area contributed by atoms with E-state index in [1.54, 1.807) is 13.1 Å². The van der Waals surface area contributed by atoms with Crippen molar-refractivity contribution in [3.05, 3.63) is 53.0 Å². The zero-order chi connectivity index (χ0) is 13.1. The number of rotatable bonds is 4. The van der Waals surface area contributed by atoms with Crippen LogP contribution in [0.1, 0.15) is 17.2 Å². The van der Waals surface area contributed by atoms with Gasteiger partial charge in [-0.1, -0.05) is 0 Å². The molecule has 0 aliphatic rings. The Morgan fingerprint density at radius 2 is 1.83 bits per heavy atom. The molecule has 0 spiro atoms. The molecule has 2 aromatic rings. The summed E-state index contributed by atoms with van der Waals surface area (Å²) in [7, 11) is 0. The van der Waals surface area contributed by atoms with Gasteiger partial charge in [-0.2, -0.15) is 0 Å². The molecule has 1 heterocycles. The van der Waals surface area contributed by atoms with Crippen LogP contribution in [0.15, 0.2) is 22.7 Å². The van der Waals surface area contributed by atoms with Crippen molar-refractivity contribution >= 4 is 0 Å². The molecule has 0 saturated heterocycles. The van der Waals surface area contributed by atoms with Crippen LogP contribution >= 0.6 is 0 Å². The lowest BCUT2D eigenvalue weighted by atomic mass is 10.2. The van der Waals surface area contributed by atoms with E-state index in [1.165, 1.54) is 0 Å². The Hall–Kier alpha value is -1.82. The number of hydrogen-bond donors (Lipinski definition) is 1. The minimum atomic E-state index is -1.46. The highest BCUT2D eigenvalue weighted by Crippen LogP contribution is 2.13. The third-order valence-corrected chi connectivity index (χ3v) is 2.32. The molecule has 0 bridgehead atoms. The molecule has 1 aromatic heterocycles. The van der Waals surface area contributed by atoms with Gasteiger partial charge in [-0.05, 0) is 24.6 Å². The van der Waals surface area contributed by atoms with Gasteiger partial charge in [0.2, 0.25) is 5.89 Å². The first-order valence-electron chi connectivity index (χ1n) is 5.31. The molecule has 0 radical (unpaired) electrons. The Morgan fingerprint density at radius 1 is 1.17 bits per heavy atom. The van der Waals surface area contributed by atoms with Gasteiger partial charge < -0.3 is 9.73 Å². The smallest absolute Gasteiger partial charge is 0.208 e. The molecule has 0 amide bonds. The van der Waals surface area contributed by atoms with Crippen molar-refractivity contribution in [1.29, 1.82) is 0 Å². The summed E-state index contributed by atoms with van der Waals surface area (Å²) < 4.78 is 43.8.